The van der Waals surface area contributed by atoms with E-state index in [0.29, 0.717) is 6.04 Å². The van der Waals surface area contributed by atoms with Crippen LogP contribution in [0.3, 0.4) is 0 Å². The van der Waals surface area contributed by atoms with Gasteiger partial charge in [-0.2, -0.15) is 0 Å². The minimum Gasteiger partial charge on any atom is -0.350 e. The minimum absolute atomic E-state index is 0.0864. The van der Waals surface area contributed by atoms with Gasteiger partial charge in [-0.25, -0.2) is 4.68 Å². The molecule has 24 heavy (non-hydrogen) atoms. The Kier molecular flexibility index (Phi) is 3.44. The third-order valence-electron chi connectivity index (χ3n) is 6.43. The molecule has 1 aromatic rings. The van der Waals surface area contributed by atoms with E-state index in [9.17, 15) is 4.79 Å². The number of aromatic nitrogens is 4. The van der Waals surface area contributed by atoms with Crippen molar-refractivity contribution >= 4 is 17.7 Å². The van der Waals surface area contributed by atoms with Crippen LogP contribution in [0.25, 0.3) is 0 Å². The van der Waals surface area contributed by atoms with Crippen molar-refractivity contribution in [3.05, 3.63) is 0 Å². The Labute approximate surface area is 146 Å². The van der Waals surface area contributed by atoms with Gasteiger partial charge in [0.15, 0.2) is 0 Å². The lowest BCUT2D eigenvalue weighted by atomic mass is 9.53. The van der Waals surface area contributed by atoms with Gasteiger partial charge in [0.25, 0.3) is 0 Å². The van der Waals surface area contributed by atoms with Gasteiger partial charge in [0.1, 0.15) is 0 Å². The van der Waals surface area contributed by atoms with Crippen molar-refractivity contribution in [2.75, 3.05) is 0 Å². The summed E-state index contributed by atoms with van der Waals surface area (Å²) in [6, 6.07) is 0.445. The van der Waals surface area contributed by atoms with Gasteiger partial charge in [0.2, 0.25) is 11.1 Å². The third kappa shape index (κ3) is 2.65. The van der Waals surface area contributed by atoms with Gasteiger partial charge in [-0.05, 0) is 86.5 Å². The summed E-state index contributed by atoms with van der Waals surface area (Å²) in [5.74, 6) is 2.71. The second-order valence-corrected chi connectivity index (χ2v) is 9.89. The number of carbonyl (C=O) groups excluding carboxylic acids is 1. The predicted octanol–water partition coefficient (Wildman–Crippen LogP) is 2.57. The molecule has 0 aromatic carbocycles. The Hall–Kier alpha value is -1.11. The maximum atomic E-state index is 12.8. The van der Waals surface area contributed by atoms with Crippen molar-refractivity contribution in [2.24, 2.45) is 17.8 Å². The summed E-state index contributed by atoms with van der Waals surface area (Å²) in [5, 5.41) is 16.1. The van der Waals surface area contributed by atoms with Gasteiger partial charge < -0.3 is 5.32 Å². The number of nitrogens with one attached hydrogen (secondary N) is 1. The van der Waals surface area contributed by atoms with Crippen molar-refractivity contribution in [1.82, 2.24) is 25.5 Å². The van der Waals surface area contributed by atoms with Gasteiger partial charge in [0, 0.05) is 5.54 Å². The highest BCUT2D eigenvalue weighted by Gasteiger charge is 2.51. The maximum Gasteiger partial charge on any atom is 0.233 e. The second-order valence-electron chi connectivity index (χ2n) is 8.58. The van der Waals surface area contributed by atoms with E-state index in [4.69, 9.17) is 0 Å². The van der Waals surface area contributed by atoms with Gasteiger partial charge in [-0.1, -0.05) is 11.8 Å². The largest absolute Gasteiger partial charge is 0.350 e. The summed E-state index contributed by atoms with van der Waals surface area (Å²) in [6.45, 7) is 1.98. The Morgan fingerprint density at radius 3 is 2.42 bits per heavy atom. The van der Waals surface area contributed by atoms with Crippen LogP contribution >= 0.6 is 11.8 Å². The molecular formula is C17H25N5OS. The summed E-state index contributed by atoms with van der Waals surface area (Å²) < 4.78 is 1.89. The lowest BCUT2D eigenvalue weighted by molar-refractivity contribution is -0.126. The van der Waals surface area contributed by atoms with E-state index >= 15 is 0 Å². The van der Waals surface area contributed by atoms with E-state index in [1.807, 2.05) is 11.6 Å². The number of nitrogens with zero attached hydrogens (tertiary/aromatic N) is 4. The molecule has 1 heterocycles. The number of carbonyl (C=O) groups is 1. The Morgan fingerprint density at radius 1 is 1.21 bits per heavy atom. The van der Waals surface area contributed by atoms with Crippen molar-refractivity contribution in [2.45, 2.75) is 80.3 Å². The zero-order valence-corrected chi connectivity index (χ0v) is 15.0. The first kappa shape index (κ1) is 15.2. The molecule has 1 amide bonds. The number of hydrogen-bond acceptors (Lipinski definition) is 5. The molecule has 6 nitrogen and oxygen atoms in total. The van der Waals surface area contributed by atoms with Crippen molar-refractivity contribution < 1.29 is 4.79 Å². The fourth-order valence-electron chi connectivity index (χ4n) is 5.65. The van der Waals surface area contributed by atoms with Crippen LogP contribution in [0.1, 0.15) is 64.3 Å². The van der Waals surface area contributed by atoms with Gasteiger partial charge >= 0.3 is 0 Å². The quantitative estimate of drug-likeness (QED) is 0.829. The van der Waals surface area contributed by atoms with E-state index < -0.39 is 0 Å². The summed E-state index contributed by atoms with van der Waals surface area (Å²) in [4.78, 5) is 12.8. The standard InChI is InChI=1S/C17H25N5OS/c1-10(24-16-19-20-21-22(16)14-2-3-14)15(23)18-17-7-11-4-12(8-17)6-13(5-11)9-17/h10-14H,2-9H2,1H3,(H,18,23). The molecule has 7 heteroatoms. The summed E-state index contributed by atoms with van der Waals surface area (Å²) >= 11 is 1.50. The molecule has 6 rings (SSSR count). The molecule has 5 aliphatic carbocycles. The van der Waals surface area contributed by atoms with Crippen molar-refractivity contribution in [3.8, 4) is 0 Å². The van der Waals surface area contributed by atoms with E-state index in [-0.39, 0.29) is 16.7 Å². The second kappa shape index (κ2) is 5.44. The lowest BCUT2D eigenvalue weighted by Gasteiger charge is -2.57. The number of amides is 1. The molecule has 130 valence electrons. The van der Waals surface area contributed by atoms with E-state index in [0.717, 1.165) is 35.8 Å². The molecule has 0 radical (unpaired) electrons. The predicted molar refractivity (Wildman–Crippen MR) is 90.5 cm³/mol. The van der Waals surface area contributed by atoms with E-state index in [2.05, 4.69) is 20.8 Å². The number of tetrazole rings is 1. The van der Waals surface area contributed by atoms with E-state index in [1.165, 1.54) is 50.3 Å². The van der Waals surface area contributed by atoms with Crippen LogP contribution in [0.15, 0.2) is 5.16 Å². The first-order chi connectivity index (χ1) is 11.6. The molecule has 5 saturated carbocycles. The highest BCUT2D eigenvalue weighted by molar-refractivity contribution is 8.00. The SMILES string of the molecule is CC(Sc1nnnn1C1CC1)C(=O)NC12CC3CC(CC(C3)C1)C2. The Balaban J connectivity index is 1.26. The number of rotatable bonds is 5. The summed E-state index contributed by atoms with van der Waals surface area (Å²) in [6.07, 6.45) is 10.1. The highest BCUT2D eigenvalue weighted by Crippen LogP contribution is 2.55. The van der Waals surface area contributed by atoms with Crippen molar-refractivity contribution in [1.29, 1.82) is 0 Å². The molecule has 5 aliphatic rings. The zero-order chi connectivity index (χ0) is 16.3. The Bertz CT molecular complexity index is 620. The fraction of sp³-hybridized carbons (Fsp3) is 0.882. The molecule has 0 aliphatic heterocycles. The fourth-order valence-corrected chi connectivity index (χ4v) is 6.51. The number of hydrogen-bond donors (Lipinski definition) is 1. The third-order valence-corrected chi connectivity index (χ3v) is 7.48. The summed E-state index contributed by atoms with van der Waals surface area (Å²) in [5.41, 5.74) is 0.0864. The van der Waals surface area contributed by atoms with Crippen LogP contribution in [-0.2, 0) is 4.79 Å². The molecule has 4 bridgehead atoms. The molecule has 0 saturated heterocycles. The first-order valence-corrected chi connectivity index (χ1v) is 10.2. The average Bonchev–Trinajstić information content (AvgIpc) is 3.25. The van der Waals surface area contributed by atoms with Crippen LogP contribution < -0.4 is 5.32 Å². The van der Waals surface area contributed by atoms with Gasteiger partial charge in [0.05, 0.1) is 11.3 Å². The van der Waals surface area contributed by atoms with Crippen LogP contribution in [0.2, 0.25) is 0 Å². The van der Waals surface area contributed by atoms with E-state index in [1.54, 1.807) is 0 Å². The average molecular weight is 347 g/mol. The molecule has 5 fully saturated rings. The first-order valence-electron chi connectivity index (χ1n) is 9.37. The van der Waals surface area contributed by atoms with Crippen LogP contribution in [0.4, 0.5) is 0 Å². The van der Waals surface area contributed by atoms with Crippen LogP contribution in [0, 0.1) is 17.8 Å². The smallest absolute Gasteiger partial charge is 0.233 e. The van der Waals surface area contributed by atoms with Crippen LogP contribution in [0.5, 0.6) is 0 Å². The lowest BCUT2D eigenvalue weighted by Crippen LogP contribution is -2.60. The Morgan fingerprint density at radius 2 is 1.83 bits per heavy atom. The zero-order valence-electron chi connectivity index (χ0n) is 14.1. The normalized spacial score (nSPS) is 38.3. The number of thioether (sulfide) groups is 1. The molecular weight excluding hydrogens is 322 g/mol. The minimum atomic E-state index is -0.151. The molecule has 1 unspecified atom stereocenters. The molecule has 1 atom stereocenters. The van der Waals surface area contributed by atoms with Gasteiger partial charge in [-0.15, -0.1) is 5.10 Å². The van der Waals surface area contributed by atoms with Crippen molar-refractivity contribution in [3.63, 3.8) is 0 Å². The summed E-state index contributed by atoms with van der Waals surface area (Å²) in [7, 11) is 0. The monoisotopic (exact) mass is 347 g/mol. The van der Waals surface area contributed by atoms with Crippen LogP contribution in [-0.4, -0.2) is 36.9 Å². The highest BCUT2D eigenvalue weighted by atomic mass is 32.2. The topological polar surface area (TPSA) is 72.7 Å². The molecule has 1 aromatic heterocycles. The molecule has 0 spiro atoms. The molecule has 1 N–H and O–H groups in total. The van der Waals surface area contributed by atoms with Gasteiger partial charge in [-0.3, -0.25) is 4.79 Å². The maximum absolute atomic E-state index is 12.8.